The van der Waals surface area contributed by atoms with Crippen molar-refractivity contribution in [3.05, 3.63) is 17.6 Å². The summed E-state index contributed by atoms with van der Waals surface area (Å²) in [6.45, 7) is 6.09. The van der Waals surface area contributed by atoms with Gasteiger partial charge in [0, 0.05) is 31.5 Å². The lowest BCUT2D eigenvalue weighted by molar-refractivity contribution is 0.0817. The SMILES string of the molecule is COC1CCN(c2c(C)c(C)nc3ncnn23)CC1. The van der Waals surface area contributed by atoms with E-state index in [2.05, 4.69) is 26.9 Å². The third kappa shape index (κ3) is 2.06. The highest BCUT2D eigenvalue weighted by molar-refractivity contribution is 5.54. The smallest absolute Gasteiger partial charge is 0.254 e. The van der Waals surface area contributed by atoms with E-state index in [9.17, 15) is 0 Å². The van der Waals surface area contributed by atoms with Gasteiger partial charge < -0.3 is 9.64 Å². The maximum Gasteiger partial charge on any atom is 0.254 e. The number of hydrogen-bond donors (Lipinski definition) is 0. The summed E-state index contributed by atoms with van der Waals surface area (Å²) in [7, 11) is 1.79. The number of anilines is 1. The van der Waals surface area contributed by atoms with Crippen LogP contribution in [0.4, 0.5) is 5.82 Å². The molecule has 2 aromatic heterocycles. The van der Waals surface area contributed by atoms with Crippen LogP contribution in [0.15, 0.2) is 6.33 Å². The second-order valence-electron chi connectivity index (χ2n) is 5.04. The van der Waals surface area contributed by atoms with Gasteiger partial charge in [-0.25, -0.2) is 4.98 Å². The highest BCUT2D eigenvalue weighted by Gasteiger charge is 2.23. The zero-order valence-corrected chi connectivity index (χ0v) is 11.6. The van der Waals surface area contributed by atoms with E-state index in [0.29, 0.717) is 11.9 Å². The van der Waals surface area contributed by atoms with Crippen molar-refractivity contribution < 1.29 is 4.74 Å². The number of aryl methyl sites for hydroxylation is 1. The maximum absolute atomic E-state index is 5.43. The first kappa shape index (κ1) is 12.3. The molecule has 2 aromatic rings. The minimum absolute atomic E-state index is 0.380. The van der Waals surface area contributed by atoms with E-state index >= 15 is 0 Å². The van der Waals surface area contributed by atoms with Gasteiger partial charge in [-0.15, -0.1) is 0 Å². The molecule has 3 rings (SSSR count). The van der Waals surface area contributed by atoms with E-state index in [4.69, 9.17) is 4.74 Å². The Labute approximate surface area is 112 Å². The molecular weight excluding hydrogens is 242 g/mol. The summed E-state index contributed by atoms with van der Waals surface area (Å²) in [5.74, 6) is 1.79. The molecule has 0 atom stereocenters. The average Bonchev–Trinajstić information content (AvgIpc) is 2.88. The lowest BCUT2D eigenvalue weighted by Crippen LogP contribution is -2.38. The van der Waals surface area contributed by atoms with Crippen molar-refractivity contribution in [2.24, 2.45) is 0 Å². The number of rotatable bonds is 2. The third-order valence-electron chi connectivity index (χ3n) is 3.95. The predicted molar refractivity (Wildman–Crippen MR) is 72.5 cm³/mol. The fraction of sp³-hybridized carbons (Fsp3) is 0.615. The monoisotopic (exact) mass is 261 g/mol. The molecule has 0 N–H and O–H groups in total. The van der Waals surface area contributed by atoms with Gasteiger partial charge in [0.25, 0.3) is 5.78 Å². The first-order valence-corrected chi connectivity index (χ1v) is 6.65. The molecule has 0 amide bonds. The lowest BCUT2D eigenvalue weighted by atomic mass is 10.1. The first-order valence-electron chi connectivity index (χ1n) is 6.65. The van der Waals surface area contributed by atoms with Crippen molar-refractivity contribution in [2.45, 2.75) is 32.8 Å². The fourth-order valence-electron chi connectivity index (χ4n) is 2.69. The average molecular weight is 261 g/mol. The van der Waals surface area contributed by atoms with Gasteiger partial charge in [0.2, 0.25) is 0 Å². The molecule has 0 radical (unpaired) electrons. The van der Waals surface area contributed by atoms with Gasteiger partial charge in [-0.3, -0.25) is 0 Å². The standard InChI is InChI=1S/C13H19N5O/c1-9-10(2)16-13-14-8-15-18(13)12(9)17-6-4-11(19-3)5-7-17/h8,11H,4-7H2,1-3H3. The molecule has 1 aliphatic rings. The summed E-state index contributed by atoms with van der Waals surface area (Å²) in [6.07, 6.45) is 4.04. The van der Waals surface area contributed by atoms with Crippen molar-refractivity contribution in [2.75, 3.05) is 25.1 Å². The second kappa shape index (κ2) is 4.77. The summed E-state index contributed by atoms with van der Waals surface area (Å²) in [5, 5.41) is 4.31. The van der Waals surface area contributed by atoms with Gasteiger partial charge in [-0.1, -0.05) is 0 Å². The number of aromatic nitrogens is 4. The Hall–Kier alpha value is -1.69. The molecule has 0 aliphatic carbocycles. The Balaban J connectivity index is 2.00. The van der Waals surface area contributed by atoms with Crippen LogP contribution in [0, 0.1) is 13.8 Å². The lowest BCUT2D eigenvalue weighted by Gasteiger charge is -2.33. The number of fused-ring (bicyclic) bond motifs is 1. The van der Waals surface area contributed by atoms with Crippen LogP contribution in [0.2, 0.25) is 0 Å². The molecule has 1 fully saturated rings. The summed E-state index contributed by atoms with van der Waals surface area (Å²) in [4.78, 5) is 11.0. The summed E-state index contributed by atoms with van der Waals surface area (Å²) in [6, 6.07) is 0. The van der Waals surface area contributed by atoms with E-state index < -0.39 is 0 Å². The summed E-state index contributed by atoms with van der Waals surface area (Å²) >= 11 is 0. The van der Waals surface area contributed by atoms with Crippen molar-refractivity contribution >= 4 is 11.6 Å². The molecule has 1 saturated heterocycles. The molecule has 1 aliphatic heterocycles. The quantitative estimate of drug-likeness (QED) is 0.817. The van der Waals surface area contributed by atoms with Gasteiger partial charge >= 0.3 is 0 Å². The Kier molecular flexibility index (Phi) is 3.10. The van der Waals surface area contributed by atoms with Gasteiger partial charge in [0.05, 0.1) is 6.10 Å². The molecule has 19 heavy (non-hydrogen) atoms. The molecule has 6 nitrogen and oxygen atoms in total. The maximum atomic E-state index is 5.43. The Morgan fingerprint density at radius 3 is 2.68 bits per heavy atom. The van der Waals surface area contributed by atoms with Crippen LogP contribution < -0.4 is 4.90 Å². The molecule has 0 bridgehead atoms. The second-order valence-corrected chi connectivity index (χ2v) is 5.04. The van der Waals surface area contributed by atoms with Crippen LogP contribution in [-0.4, -0.2) is 45.9 Å². The summed E-state index contributed by atoms with van der Waals surface area (Å²) in [5.41, 5.74) is 2.19. The molecule has 0 saturated carbocycles. The Bertz CT molecular complexity index is 586. The largest absolute Gasteiger partial charge is 0.381 e. The van der Waals surface area contributed by atoms with Crippen LogP contribution in [-0.2, 0) is 4.74 Å². The zero-order valence-electron chi connectivity index (χ0n) is 11.6. The molecule has 102 valence electrons. The third-order valence-corrected chi connectivity index (χ3v) is 3.95. The number of nitrogens with zero attached hydrogens (tertiary/aromatic N) is 5. The number of methoxy groups -OCH3 is 1. The molecule has 0 spiro atoms. The van der Waals surface area contributed by atoms with E-state index in [-0.39, 0.29) is 0 Å². The first-order chi connectivity index (χ1) is 9.20. The highest BCUT2D eigenvalue weighted by atomic mass is 16.5. The Morgan fingerprint density at radius 1 is 1.26 bits per heavy atom. The normalized spacial score (nSPS) is 17.3. The fourth-order valence-corrected chi connectivity index (χ4v) is 2.69. The van der Waals surface area contributed by atoms with E-state index in [0.717, 1.165) is 37.4 Å². The molecular formula is C13H19N5O. The van der Waals surface area contributed by atoms with Crippen LogP contribution >= 0.6 is 0 Å². The van der Waals surface area contributed by atoms with Gasteiger partial charge in [-0.05, 0) is 26.7 Å². The van der Waals surface area contributed by atoms with Crippen LogP contribution in [0.3, 0.4) is 0 Å². The topological polar surface area (TPSA) is 55.5 Å². The number of piperidine rings is 1. The van der Waals surface area contributed by atoms with Crippen LogP contribution in [0.25, 0.3) is 5.78 Å². The van der Waals surface area contributed by atoms with E-state index in [1.165, 1.54) is 5.56 Å². The van der Waals surface area contributed by atoms with E-state index in [1.54, 1.807) is 13.4 Å². The summed E-state index contributed by atoms with van der Waals surface area (Å²) < 4.78 is 7.27. The molecule has 0 unspecified atom stereocenters. The van der Waals surface area contributed by atoms with Gasteiger partial charge in [0.1, 0.15) is 12.1 Å². The zero-order chi connectivity index (χ0) is 13.4. The van der Waals surface area contributed by atoms with Crippen molar-refractivity contribution in [3.8, 4) is 0 Å². The van der Waals surface area contributed by atoms with Crippen molar-refractivity contribution in [3.63, 3.8) is 0 Å². The minimum Gasteiger partial charge on any atom is -0.381 e. The minimum atomic E-state index is 0.380. The van der Waals surface area contributed by atoms with E-state index in [1.807, 2.05) is 11.4 Å². The van der Waals surface area contributed by atoms with Crippen LogP contribution in [0.5, 0.6) is 0 Å². The van der Waals surface area contributed by atoms with Crippen molar-refractivity contribution in [1.82, 2.24) is 19.6 Å². The van der Waals surface area contributed by atoms with Gasteiger partial charge in [0.15, 0.2) is 0 Å². The molecule has 0 aromatic carbocycles. The van der Waals surface area contributed by atoms with Crippen molar-refractivity contribution in [1.29, 1.82) is 0 Å². The molecule has 3 heterocycles. The molecule has 6 heteroatoms. The number of hydrogen-bond acceptors (Lipinski definition) is 5. The van der Waals surface area contributed by atoms with Crippen LogP contribution in [0.1, 0.15) is 24.1 Å². The van der Waals surface area contributed by atoms with Gasteiger partial charge in [-0.2, -0.15) is 14.6 Å². The Morgan fingerprint density at radius 2 is 2.00 bits per heavy atom. The highest BCUT2D eigenvalue weighted by Crippen LogP contribution is 2.25. The predicted octanol–water partition coefficient (Wildman–Crippen LogP) is 1.36. The number of ether oxygens (including phenoxy) is 1.